The van der Waals surface area contributed by atoms with Crippen molar-refractivity contribution in [3.8, 4) is 5.75 Å². The molecule has 0 radical (unpaired) electrons. The maximum Gasteiger partial charge on any atom is 0.260 e. The summed E-state index contributed by atoms with van der Waals surface area (Å²) in [6.07, 6.45) is -0.537. The zero-order valence-electron chi connectivity index (χ0n) is 14.2. The van der Waals surface area contributed by atoms with Gasteiger partial charge < -0.3 is 10.1 Å². The maximum atomic E-state index is 12.1. The normalized spacial score (nSPS) is 11.8. The Morgan fingerprint density at radius 3 is 2.56 bits per heavy atom. The van der Waals surface area contributed by atoms with E-state index in [1.165, 1.54) is 0 Å². The van der Waals surface area contributed by atoms with Crippen LogP contribution in [0.1, 0.15) is 18.1 Å². The van der Waals surface area contributed by atoms with Gasteiger partial charge in [0, 0.05) is 28.1 Å². The van der Waals surface area contributed by atoms with E-state index in [-0.39, 0.29) is 5.91 Å². The summed E-state index contributed by atoms with van der Waals surface area (Å²) in [6, 6.07) is 13.1. The highest BCUT2D eigenvalue weighted by atomic mass is 35.5. The summed E-state index contributed by atoms with van der Waals surface area (Å²) in [5, 5.41) is 4.22. The lowest BCUT2D eigenvalue weighted by molar-refractivity contribution is -0.127. The first-order chi connectivity index (χ1) is 12.0. The summed E-state index contributed by atoms with van der Waals surface area (Å²) in [5.74, 6) is 2.05. The maximum absolute atomic E-state index is 12.1. The Labute approximate surface area is 163 Å². The van der Waals surface area contributed by atoms with E-state index in [4.69, 9.17) is 27.9 Å². The minimum Gasteiger partial charge on any atom is -0.481 e. The molecule has 0 aliphatic rings. The van der Waals surface area contributed by atoms with Gasteiger partial charge in [0.15, 0.2) is 6.10 Å². The number of carbonyl (C=O) groups excluding carboxylic acids is 1. The lowest BCUT2D eigenvalue weighted by Crippen LogP contribution is -2.37. The fraction of sp³-hybridized carbons (Fsp3) is 0.316. The van der Waals surface area contributed by atoms with E-state index in [0.29, 0.717) is 28.1 Å². The van der Waals surface area contributed by atoms with Crippen molar-refractivity contribution in [1.82, 2.24) is 5.32 Å². The van der Waals surface area contributed by atoms with Crippen molar-refractivity contribution in [1.29, 1.82) is 0 Å². The van der Waals surface area contributed by atoms with Crippen molar-refractivity contribution >= 4 is 40.9 Å². The number of nitrogens with one attached hydrogen (secondary N) is 1. The van der Waals surface area contributed by atoms with Crippen LogP contribution in [0.5, 0.6) is 5.75 Å². The Kier molecular flexibility index (Phi) is 7.94. The third-order valence-electron chi connectivity index (χ3n) is 3.53. The Balaban J connectivity index is 1.69. The van der Waals surface area contributed by atoms with E-state index < -0.39 is 6.10 Å². The lowest BCUT2D eigenvalue weighted by Gasteiger charge is -2.15. The van der Waals surface area contributed by atoms with Crippen LogP contribution in [0.2, 0.25) is 10.0 Å². The smallest absolute Gasteiger partial charge is 0.260 e. The standard InChI is InChI=1S/C19H21Cl2NO2S/c1-13-5-3-6-15(11-13)24-14(2)19(23)22-9-10-25-12-16-17(20)7-4-8-18(16)21/h3-8,11,14H,9-10,12H2,1-2H3,(H,22,23)/t14-/m0/s1. The summed E-state index contributed by atoms with van der Waals surface area (Å²) in [7, 11) is 0. The molecule has 0 aliphatic carbocycles. The van der Waals surface area contributed by atoms with E-state index in [9.17, 15) is 4.79 Å². The first-order valence-electron chi connectivity index (χ1n) is 7.99. The van der Waals surface area contributed by atoms with Crippen molar-refractivity contribution in [2.45, 2.75) is 25.7 Å². The van der Waals surface area contributed by atoms with E-state index in [1.807, 2.05) is 49.4 Å². The Morgan fingerprint density at radius 1 is 1.20 bits per heavy atom. The van der Waals surface area contributed by atoms with Gasteiger partial charge in [0.25, 0.3) is 5.91 Å². The van der Waals surface area contributed by atoms with E-state index in [1.54, 1.807) is 18.7 Å². The highest BCUT2D eigenvalue weighted by molar-refractivity contribution is 7.98. The number of thioether (sulfide) groups is 1. The number of ether oxygens (including phenoxy) is 1. The van der Waals surface area contributed by atoms with E-state index >= 15 is 0 Å². The zero-order valence-corrected chi connectivity index (χ0v) is 16.5. The fourth-order valence-electron chi connectivity index (χ4n) is 2.18. The summed E-state index contributed by atoms with van der Waals surface area (Å²) in [4.78, 5) is 12.1. The summed E-state index contributed by atoms with van der Waals surface area (Å²) in [6.45, 7) is 4.29. The highest BCUT2D eigenvalue weighted by Crippen LogP contribution is 2.27. The van der Waals surface area contributed by atoms with Crippen LogP contribution >= 0.6 is 35.0 Å². The molecule has 2 aromatic rings. The molecule has 0 bridgehead atoms. The van der Waals surface area contributed by atoms with Crippen molar-refractivity contribution in [3.05, 3.63) is 63.6 Å². The average Bonchev–Trinajstić information content (AvgIpc) is 2.56. The molecule has 0 unspecified atom stereocenters. The molecule has 2 rings (SSSR count). The molecule has 0 aromatic heterocycles. The third kappa shape index (κ3) is 6.46. The second-order valence-corrected chi connectivity index (χ2v) is 7.54. The molecule has 6 heteroatoms. The number of hydrogen-bond acceptors (Lipinski definition) is 3. The largest absolute Gasteiger partial charge is 0.481 e. The lowest BCUT2D eigenvalue weighted by atomic mass is 10.2. The molecule has 0 heterocycles. The fourth-order valence-corrected chi connectivity index (χ4v) is 3.78. The number of amides is 1. The molecule has 0 saturated carbocycles. The quantitative estimate of drug-likeness (QED) is 0.628. The molecule has 1 amide bonds. The van der Waals surface area contributed by atoms with Gasteiger partial charge in [-0.25, -0.2) is 0 Å². The number of hydrogen-bond donors (Lipinski definition) is 1. The Bertz CT molecular complexity index is 704. The first-order valence-corrected chi connectivity index (χ1v) is 9.90. The molecule has 2 aromatic carbocycles. The van der Waals surface area contributed by atoms with Crippen LogP contribution < -0.4 is 10.1 Å². The molecule has 3 nitrogen and oxygen atoms in total. The first kappa shape index (κ1) is 20.0. The number of rotatable bonds is 8. The minimum absolute atomic E-state index is 0.127. The van der Waals surface area contributed by atoms with Crippen LogP contribution in [-0.4, -0.2) is 24.3 Å². The Morgan fingerprint density at radius 2 is 1.88 bits per heavy atom. The molecular weight excluding hydrogens is 377 g/mol. The molecule has 1 atom stereocenters. The van der Waals surface area contributed by atoms with Gasteiger partial charge in [0.05, 0.1) is 0 Å². The topological polar surface area (TPSA) is 38.3 Å². The zero-order chi connectivity index (χ0) is 18.2. The van der Waals surface area contributed by atoms with Gasteiger partial charge in [-0.05, 0) is 49.2 Å². The highest BCUT2D eigenvalue weighted by Gasteiger charge is 2.14. The molecule has 0 aliphatic heterocycles. The van der Waals surface area contributed by atoms with Gasteiger partial charge >= 0.3 is 0 Å². The van der Waals surface area contributed by atoms with Crippen molar-refractivity contribution < 1.29 is 9.53 Å². The van der Waals surface area contributed by atoms with Gasteiger partial charge in [-0.2, -0.15) is 11.8 Å². The molecule has 0 spiro atoms. The van der Waals surface area contributed by atoms with Crippen LogP contribution in [0, 0.1) is 6.92 Å². The van der Waals surface area contributed by atoms with Crippen molar-refractivity contribution in [2.75, 3.05) is 12.3 Å². The second kappa shape index (κ2) is 9.95. The molecule has 0 fully saturated rings. The number of halogens is 2. The monoisotopic (exact) mass is 397 g/mol. The second-order valence-electron chi connectivity index (χ2n) is 5.62. The van der Waals surface area contributed by atoms with Gasteiger partial charge in [-0.1, -0.05) is 41.4 Å². The molecule has 1 N–H and O–H groups in total. The predicted molar refractivity (Wildman–Crippen MR) is 107 cm³/mol. The summed E-state index contributed by atoms with van der Waals surface area (Å²) in [5.41, 5.74) is 2.03. The van der Waals surface area contributed by atoms with Crippen LogP contribution in [0.15, 0.2) is 42.5 Å². The predicted octanol–water partition coefficient (Wildman–Crippen LogP) is 5.12. The molecular formula is C19H21Cl2NO2S. The third-order valence-corrected chi connectivity index (χ3v) is 5.22. The molecule has 25 heavy (non-hydrogen) atoms. The van der Waals surface area contributed by atoms with Crippen LogP contribution in [0.4, 0.5) is 0 Å². The molecule has 134 valence electrons. The van der Waals surface area contributed by atoms with E-state index in [0.717, 1.165) is 16.9 Å². The number of benzene rings is 2. The minimum atomic E-state index is -0.537. The van der Waals surface area contributed by atoms with Gasteiger partial charge in [-0.15, -0.1) is 0 Å². The van der Waals surface area contributed by atoms with Gasteiger partial charge in [-0.3, -0.25) is 4.79 Å². The van der Waals surface area contributed by atoms with Gasteiger partial charge in [0.2, 0.25) is 0 Å². The summed E-state index contributed by atoms with van der Waals surface area (Å²) >= 11 is 13.9. The van der Waals surface area contributed by atoms with Gasteiger partial charge in [0.1, 0.15) is 5.75 Å². The van der Waals surface area contributed by atoms with Crippen LogP contribution in [-0.2, 0) is 10.5 Å². The van der Waals surface area contributed by atoms with Crippen molar-refractivity contribution in [3.63, 3.8) is 0 Å². The number of carbonyl (C=O) groups is 1. The average molecular weight is 398 g/mol. The van der Waals surface area contributed by atoms with Crippen LogP contribution in [0.25, 0.3) is 0 Å². The van der Waals surface area contributed by atoms with Crippen LogP contribution in [0.3, 0.4) is 0 Å². The summed E-state index contributed by atoms with van der Waals surface area (Å²) < 4.78 is 5.66. The SMILES string of the molecule is Cc1cccc(O[C@@H](C)C(=O)NCCSCc2c(Cl)cccc2Cl)c1. The molecule has 0 saturated heterocycles. The Hall–Kier alpha value is -1.36. The number of aryl methyl sites for hydroxylation is 1. The van der Waals surface area contributed by atoms with E-state index in [2.05, 4.69) is 5.32 Å². The van der Waals surface area contributed by atoms with Crippen molar-refractivity contribution in [2.24, 2.45) is 0 Å².